The van der Waals surface area contributed by atoms with Gasteiger partial charge in [-0.05, 0) is 83.6 Å². The van der Waals surface area contributed by atoms with E-state index in [1.165, 1.54) is 11.3 Å². The van der Waals surface area contributed by atoms with Crippen molar-refractivity contribution >= 4 is 39.2 Å². The number of sulfonamides is 1. The lowest BCUT2D eigenvalue weighted by Gasteiger charge is -2.31. The summed E-state index contributed by atoms with van der Waals surface area (Å²) in [5.74, 6) is 0.221. The van der Waals surface area contributed by atoms with E-state index in [2.05, 4.69) is 15.4 Å². The molecule has 0 radical (unpaired) electrons. The number of benzene rings is 2. The highest BCUT2D eigenvalue weighted by atomic mass is 32.2. The second-order valence-corrected chi connectivity index (χ2v) is 15.6. The number of carbonyl (C=O) groups excluding carboxylic acids is 2. The first-order chi connectivity index (χ1) is 20.8. The van der Waals surface area contributed by atoms with Crippen molar-refractivity contribution in [3.8, 4) is 10.4 Å². The molecule has 0 saturated heterocycles. The molecule has 0 bridgehead atoms. The molecule has 3 N–H and O–H groups in total. The Morgan fingerprint density at radius 1 is 1.14 bits per heavy atom. The third-order valence-corrected chi connectivity index (χ3v) is 10.6. The Balaban J connectivity index is 1.41. The summed E-state index contributed by atoms with van der Waals surface area (Å²) in [6.07, 6.45) is 4.56. The maximum atomic E-state index is 13.7. The number of fused-ring (bicyclic) bond motifs is 1. The smallest absolute Gasteiger partial charge is 0.407 e. The summed E-state index contributed by atoms with van der Waals surface area (Å²) in [6, 6.07) is 13.0. The number of amides is 3. The minimum absolute atomic E-state index is 0.0619. The molecule has 1 aliphatic heterocycles. The molecule has 5 rings (SSSR count). The van der Waals surface area contributed by atoms with E-state index in [9.17, 15) is 18.0 Å². The third-order valence-electron chi connectivity index (χ3n) is 7.57. The first kappa shape index (κ1) is 31.9. The average molecular weight is 640 g/mol. The van der Waals surface area contributed by atoms with Gasteiger partial charge < -0.3 is 20.3 Å². The summed E-state index contributed by atoms with van der Waals surface area (Å²) in [7, 11) is -3.94. The first-order valence-corrected chi connectivity index (χ1v) is 17.3. The summed E-state index contributed by atoms with van der Waals surface area (Å²) in [5, 5.41) is 6.82. The van der Waals surface area contributed by atoms with Gasteiger partial charge in [-0.25, -0.2) is 27.7 Å². The van der Waals surface area contributed by atoms with Gasteiger partial charge >= 0.3 is 12.1 Å². The maximum absolute atomic E-state index is 13.7. The van der Waals surface area contributed by atoms with Crippen LogP contribution in [-0.2, 0) is 27.8 Å². The molecule has 1 aromatic heterocycles. The Bertz CT molecular complexity index is 1610. The van der Waals surface area contributed by atoms with E-state index in [0.717, 1.165) is 46.7 Å². The van der Waals surface area contributed by atoms with Crippen LogP contribution < -0.4 is 15.4 Å². The predicted octanol–water partition coefficient (Wildman–Crippen LogP) is 6.60. The van der Waals surface area contributed by atoms with Gasteiger partial charge in [0.05, 0.1) is 20.9 Å². The average Bonchev–Trinajstić information content (AvgIpc) is 3.42. The quantitative estimate of drug-likeness (QED) is 0.255. The molecule has 2 aromatic carbocycles. The summed E-state index contributed by atoms with van der Waals surface area (Å²) >= 11 is 1.50. The Hall–Kier alpha value is -3.48. The minimum atomic E-state index is -3.94. The van der Waals surface area contributed by atoms with Crippen LogP contribution >= 0.6 is 11.3 Å². The van der Waals surface area contributed by atoms with Gasteiger partial charge in [0.15, 0.2) is 0 Å². The lowest BCUT2D eigenvalue weighted by Crippen LogP contribution is -2.41. The van der Waals surface area contributed by atoms with Gasteiger partial charge in [-0.3, -0.25) is 0 Å². The number of carbonyl (C=O) groups is 2. The van der Waals surface area contributed by atoms with E-state index >= 15 is 0 Å². The molecule has 1 fully saturated rings. The number of nitrogens with one attached hydrogen (secondary N) is 3. The molecule has 3 amide bonds. The van der Waals surface area contributed by atoms with Crippen molar-refractivity contribution in [2.24, 2.45) is 0 Å². The SMILES string of the molecule is CC(C)OC(=O)NC1CCC(c2ncc(-c3cc4c(cc3S(=O)(=O)NC(C)(C)C)NC(=O)N(Cc3ccccc3)C4)s2)CC1. The number of nitrogens with zero attached hydrogens (tertiary/aromatic N) is 2. The lowest BCUT2D eigenvalue weighted by atomic mass is 9.86. The standard InChI is InChI=1S/C32H41N5O5S2/c1-20(2)42-31(39)34-24-13-11-22(12-14-24)29-33-17-27(43-29)25-15-23-19-37(18-21-9-7-6-8-10-21)30(38)35-26(23)16-28(25)44(40,41)36-32(3,4)5/h6-10,15-17,20,22,24,36H,11-14,18-19H2,1-5H3,(H,34,39)(H,35,38). The van der Waals surface area contributed by atoms with Crippen LogP contribution in [0.5, 0.6) is 0 Å². The summed E-state index contributed by atoms with van der Waals surface area (Å²) in [6.45, 7) is 9.82. The molecule has 0 unspecified atom stereocenters. The molecule has 3 aromatic rings. The highest BCUT2D eigenvalue weighted by Gasteiger charge is 2.32. The number of hydrogen-bond donors (Lipinski definition) is 3. The van der Waals surface area contributed by atoms with Crippen molar-refractivity contribution < 1.29 is 22.7 Å². The van der Waals surface area contributed by atoms with Gasteiger partial charge in [0.1, 0.15) is 0 Å². The van der Waals surface area contributed by atoms with Crippen molar-refractivity contribution in [2.75, 3.05) is 5.32 Å². The van der Waals surface area contributed by atoms with Crippen LogP contribution in [0.2, 0.25) is 0 Å². The van der Waals surface area contributed by atoms with E-state index in [1.54, 1.807) is 37.9 Å². The summed E-state index contributed by atoms with van der Waals surface area (Å²) in [4.78, 5) is 32.4. The van der Waals surface area contributed by atoms with Gasteiger partial charge in [0, 0.05) is 48.0 Å². The molecular formula is C32H41N5O5S2. The third kappa shape index (κ3) is 7.77. The zero-order valence-corrected chi connectivity index (χ0v) is 27.5. The second-order valence-electron chi connectivity index (χ2n) is 12.8. The monoisotopic (exact) mass is 639 g/mol. The van der Waals surface area contributed by atoms with Crippen molar-refractivity contribution in [1.82, 2.24) is 19.9 Å². The van der Waals surface area contributed by atoms with Gasteiger partial charge in [-0.2, -0.15) is 0 Å². The van der Waals surface area contributed by atoms with Crippen molar-refractivity contribution in [1.29, 1.82) is 0 Å². The summed E-state index contributed by atoms with van der Waals surface area (Å²) < 4.78 is 35.4. The fourth-order valence-electron chi connectivity index (χ4n) is 5.65. The van der Waals surface area contributed by atoms with E-state index in [4.69, 9.17) is 9.72 Å². The van der Waals surface area contributed by atoms with Crippen molar-refractivity contribution in [3.05, 3.63) is 64.8 Å². The number of rotatable bonds is 8. The molecule has 0 spiro atoms. The van der Waals surface area contributed by atoms with Crippen molar-refractivity contribution in [2.45, 2.75) is 102 Å². The zero-order chi connectivity index (χ0) is 31.6. The van der Waals surface area contributed by atoms with Gasteiger partial charge in [-0.15, -0.1) is 11.3 Å². The number of thiazole rings is 1. The molecule has 12 heteroatoms. The highest BCUT2D eigenvalue weighted by Crippen LogP contribution is 2.41. The molecule has 10 nitrogen and oxygen atoms in total. The lowest BCUT2D eigenvalue weighted by molar-refractivity contribution is 0.109. The molecule has 1 aliphatic carbocycles. The van der Waals surface area contributed by atoms with E-state index in [-0.39, 0.29) is 35.1 Å². The highest BCUT2D eigenvalue weighted by molar-refractivity contribution is 7.89. The Morgan fingerprint density at radius 3 is 2.50 bits per heavy atom. The van der Waals surface area contributed by atoms with Crippen LogP contribution in [0, 0.1) is 0 Å². The molecular weight excluding hydrogens is 599 g/mol. The number of urea groups is 1. The Labute approximate surface area is 263 Å². The van der Waals surface area contributed by atoms with Crippen LogP contribution in [0.25, 0.3) is 10.4 Å². The molecule has 1 saturated carbocycles. The second kappa shape index (κ2) is 12.9. The van der Waals surface area contributed by atoms with E-state index in [0.29, 0.717) is 24.3 Å². The number of alkyl carbamates (subject to hydrolysis) is 1. The number of aromatic nitrogens is 1. The van der Waals surface area contributed by atoms with Crippen LogP contribution in [-0.4, -0.2) is 48.1 Å². The largest absolute Gasteiger partial charge is 0.447 e. The molecule has 236 valence electrons. The topological polar surface area (TPSA) is 130 Å². The summed E-state index contributed by atoms with van der Waals surface area (Å²) in [5.41, 5.74) is 2.19. The van der Waals surface area contributed by atoms with Gasteiger partial charge in [0.2, 0.25) is 10.0 Å². The fourth-order valence-corrected chi connectivity index (χ4v) is 8.48. The zero-order valence-electron chi connectivity index (χ0n) is 25.8. The molecule has 0 atom stereocenters. The van der Waals surface area contributed by atoms with Crippen molar-refractivity contribution in [3.63, 3.8) is 0 Å². The van der Waals surface area contributed by atoms with E-state index in [1.807, 2.05) is 50.2 Å². The number of anilines is 1. The Kier molecular flexibility index (Phi) is 9.33. The van der Waals surface area contributed by atoms with Crippen LogP contribution in [0.3, 0.4) is 0 Å². The van der Waals surface area contributed by atoms with E-state index < -0.39 is 15.6 Å². The normalized spacial score (nSPS) is 19.0. The number of ether oxygens (including phenoxy) is 1. The number of hydrogen-bond acceptors (Lipinski definition) is 7. The van der Waals surface area contributed by atoms with Crippen LogP contribution in [0.15, 0.2) is 53.6 Å². The first-order valence-electron chi connectivity index (χ1n) is 15.0. The molecule has 2 heterocycles. The molecule has 44 heavy (non-hydrogen) atoms. The molecule has 2 aliphatic rings. The van der Waals surface area contributed by atoms with Gasteiger partial charge in [0.25, 0.3) is 0 Å². The predicted molar refractivity (Wildman–Crippen MR) is 172 cm³/mol. The minimum Gasteiger partial charge on any atom is -0.447 e. The van der Waals surface area contributed by atoms with Crippen LogP contribution in [0.4, 0.5) is 15.3 Å². The maximum Gasteiger partial charge on any atom is 0.407 e. The van der Waals surface area contributed by atoms with Gasteiger partial charge in [-0.1, -0.05) is 30.3 Å². The fraction of sp³-hybridized carbons (Fsp3) is 0.469. The Morgan fingerprint density at radius 2 is 1.84 bits per heavy atom. The van der Waals surface area contributed by atoms with Crippen LogP contribution in [0.1, 0.15) is 82.4 Å².